The molecule has 0 bridgehead atoms. The number of likely N-dealkylation sites (tertiary alicyclic amines) is 1. The second-order valence-electron chi connectivity index (χ2n) is 8.92. The Hall–Kier alpha value is -2.11. The number of ketones is 1. The van der Waals surface area contributed by atoms with Gasteiger partial charge in [0.05, 0.1) is 5.60 Å². The predicted octanol–water partition coefficient (Wildman–Crippen LogP) is 4.94. The average Bonchev–Trinajstić information content (AvgIpc) is 2.74. The smallest absolute Gasteiger partial charge is 0.162 e. The van der Waals surface area contributed by atoms with Crippen molar-refractivity contribution in [2.45, 2.75) is 44.1 Å². The maximum absolute atomic E-state index is 13.2. The minimum Gasteiger partial charge on any atom is -0.385 e. The van der Waals surface area contributed by atoms with Gasteiger partial charge in [0.1, 0.15) is 11.6 Å². The second-order valence-corrected chi connectivity index (χ2v) is 8.92. The molecule has 1 saturated heterocycles. The zero-order valence-corrected chi connectivity index (χ0v) is 17.2. The molecule has 3 nitrogen and oxygen atoms in total. The number of piperidine rings is 1. The van der Waals surface area contributed by atoms with Gasteiger partial charge in [0.25, 0.3) is 0 Å². The lowest BCUT2D eigenvalue weighted by Crippen LogP contribution is -2.47. The van der Waals surface area contributed by atoms with Gasteiger partial charge < -0.3 is 10.0 Å². The third-order valence-corrected chi connectivity index (χ3v) is 6.93. The van der Waals surface area contributed by atoms with Gasteiger partial charge in [-0.1, -0.05) is 12.1 Å². The van der Waals surface area contributed by atoms with Crippen molar-refractivity contribution in [1.29, 1.82) is 0 Å². The second kappa shape index (κ2) is 8.94. The number of nitrogens with zero attached hydrogens (tertiary/aromatic N) is 1. The van der Waals surface area contributed by atoms with Gasteiger partial charge in [0.2, 0.25) is 0 Å². The van der Waals surface area contributed by atoms with Crippen LogP contribution in [-0.2, 0) is 5.60 Å². The molecular formula is C25H29F2NO2. The van der Waals surface area contributed by atoms with E-state index in [0.717, 1.165) is 50.9 Å². The van der Waals surface area contributed by atoms with Crippen molar-refractivity contribution < 1.29 is 18.7 Å². The topological polar surface area (TPSA) is 40.5 Å². The van der Waals surface area contributed by atoms with Crippen molar-refractivity contribution in [2.75, 3.05) is 19.6 Å². The Balaban J connectivity index is 1.25. The number of benzene rings is 2. The third kappa shape index (κ3) is 4.79. The van der Waals surface area contributed by atoms with Gasteiger partial charge in [-0.05, 0) is 99.0 Å². The van der Waals surface area contributed by atoms with Crippen LogP contribution in [0.15, 0.2) is 48.5 Å². The van der Waals surface area contributed by atoms with Gasteiger partial charge in [-0.2, -0.15) is 0 Å². The molecule has 30 heavy (non-hydrogen) atoms. The standard InChI is InChI=1S/C25H29F2NO2/c26-22-7-3-18(4-8-22)24(29)2-1-14-28-15-12-19-16-25(30,13-11-20(19)17-28)21-5-9-23(27)10-6-21/h3-10,19-20,30H,1-2,11-17H2/t19-,20+,25?/m0/s1. The third-order valence-electron chi connectivity index (χ3n) is 6.93. The number of halogens is 2. The highest BCUT2D eigenvalue weighted by Crippen LogP contribution is 2.45. The van der Waals surface area contributed by atoms with Crippen LogP contribution in [0.25, 0.3) is 0 Å². The van der Waals surface area contributed by atoms with E-state index in [1.807, 2.05) is 0 Å². The van der Waals surface area contributed by atoms with Crippen molar-refractivity contribution in [3.63, 3.8) is 0 Å². The number of hydrogen-bond acceptors (Lipinski definition) is 3. The number of aliphatic hydroxyl groups is 1. The van der Waals surface area contributed by atoms with Gasteiger partial charge in [-0.3, -0.25) is 4.79 Å². The zero-order chi connectivity index (χ0) is 21.1. The normalized spacial score (nSPS) is 26.9. The summed E-state index contributed by atoms with van der Waals surface area (Å²) in [6.07, 6.45) is 4.72. The lowest BCUT2D eigenvalue weighted by molar-refractivity contribution is -0.0608. The highest BCUT2D eigenvalue weighted by Gasteiger charge is 2.42. The summed E-state index contributed by atoms with van der Waals surface area (Å²) >= 11 is 0. The van der Waals surface area contributed by atoms with E-state index in [2.05, 4.69) is 4.90 Å². The molecule has 1 unspecified atom stereocenters. The summed E-state index contributed by atoms with van der Waals surface area (Å²) in [5, 5.41) is 11.2. The molecule has 0 spiro atoms. The molecule has 1 saturated carbocycles. The highest BCUT2D eigenvalue weighted by atomic mass is 19.1. The fraction of sp³-hybridized carbons (Fsp3) is 0.480. The van der Waals surface area contributed by atoms with E-state index in [1.54, 1.807) is 24.3 Å². The van der Waals surface area contributed by atoms with E-state index in [1.165, 1.54) is 24.3 Å². The molecule has 1 N–H and O–H groups in total. The van der Waals surface area contributed by atoms with Gasteiger partial charge in [-0.15, -0.1) is 0 Å². The van der Waals surface area contributed by atoms with E-state index >= 15 is 0 Å². The molecule has 0 aromatic heterocycles. The summed E-state index contributed by atoms with van der Waals surface area (Å²) < 4.78 is 26.2. The van der Waals surface area contributed by atoms with E-state index in [0.29, 0.717) is 30.2 Å². The number of Topliss-reactive ketones (excluding diaryl/α,β-unsaturated/α-hetero) is 1. The van der Waals surface area contributed by atoms with E-state index in [-0.39, 0.29) is 17.4 Å². The maximum atomic E-state index is 13.2. The Bertz CT molecular complexity index is 868. The van der Waals surface area contributed by atoms with Crippen LogP contribution in [0.3, 0.4) is 0 Å². The maximum Gasteiger partial charge on any atom is 0.162 e. The lowest BCUT2D eigenvalue weighted by Gasteiger charge is -2.47. The summed E-state index contributed by atoms with van der Waals surface area (Å²) in [6, 6.07) is 12.0. The van der Waals surface area contributed by atoms with E-state index in [9.17, 15) is 18.7 Å². The summed E-state index contributed by atoms with van der Waals surface area (Å²) in [5.41, 5.74) is 0.546. The number of carbonyl (C=O) groups is 1. The predicted molar refractivity (Wildman–Crippen MR) is 112 cm³/mol. The Labute approximate surface area is 176 Å². The number of carbonyl (C=O) groups excluding carboxylic acids is 1. The molecule has 2 fully saturated rings. The van der Waals surface area contributed by atoms with Gasteiger partial charge in [0, 0.05) is 18.5 Å². The van der Waals surface area contributed by atoms with E-state index < -0.39 is 5.60 Å². The molecule has 0 radical (unpaired) electrons. The molecule has 1 aliphatic heterocycles. The minimum atomic E-state index is -0.849. The first kappa shape index (κ1) is 21.1. The molecule has 2 aromatic carbocycles. The largest absolute Gasteiger partial charge is 0.385 e. The van der Waals surface area contributed by atoms with Crippen LogP contribution in [0.4, 0.5) is 8.78 Å². The molecule has 3 atom stereocenters. The minimum absolute atomic E-state index is 0.0620. The molecule has 5 heteroatoms. The average molecular weight is 414 g/mol. The first-order valence-corrected chi connectivity index (χ1v) is 10.9. The molecule has 160 valence electrons. The van der Waals surface area contributed by atoms with Crippen LogP contribution < -0.4 is 0 Å². The van der Waals surface area contributed by atoms with E-state index in [4.69, 9.17) is 0 Å². The van der Waals surface area contributed by atoms with Crippen molar-refractivity contribution in [2.24, 2.45) is 11.8 Å². The summed E-state index contributed by atoms with van der Waals surface area (Å²) in [4.78, 5) is 14.7. The summed E-state index contributed by atoms with van der Waals surface area (Å²) in [5.74, 6) is 0.501. The Kier molecular flexibility index (Phi) is 6.30. The van der Waals surface area contributed by atoms with Crippen LogP contribution in [0.2, 0.25) is 0 Å². The quantitative estimate of drug-likeness (QED) is 0.682. The molecule has 1 aliphatic carbocycles. The van der Waals surface area contributed by atoms with Gasteiger partial charge >= 0.3 is 0 Å². The fourth-order valence-electron chi connectivity index (χ4n) is 5.18. The van der Waals surface area contributed by atoms with Crippen LogP contribution >= 0.6 is 0 Å². The number of hydrogen-bond donors (Lipinski definition) is 1. The molecule has 4 rings (SSSR count). The summed E-state index contributed by atoms with van der Waals surface area (Å²) in [7, 11) is 0. The zero-order valence-electron chi connectivity index (χ0n) is 17.2. The van der Waals surface area contributed by atoms with Crippen molar-refractivity contribution in [3.8, 4) is 0 Å². The molecule has 2 aromatic rings. The van der Waals surface area contributed by atoms with Crippen molar-refractivity contribution >= 4 is 5.78 Å². The Morgan fingerprint density at radius 2 is 1.67 bits per heavy atom. The van der Waals surface area contributed by atoms with Gasteiger partial charge in [0.15, 0.2) is 5.78 Å². The van der Waals surface area contributed by atoms with Crippen LogP contribution in [0.1, 0.15) is 54.4 Å². The molecule has 2 aliphatic rings. The first-order valence-electron chi connectivity index (χ1n) is 10.9. The molecule has 1 heterocycles. The SMILES string of the molecule is O=C(CCCN1CC[C@H]2CC(O)(c3ccc(F)cc3)CC[C@@H]2C1)c1ccc(F)cc1. The van der Waals surface area contributed by atoms with Crippen LogP contribution in [0, 0.1) is 23.5 Å². The highest BCUT2D eigenvalue weighted by molar-refractivity contribution is 5.95. The van der Waals surface area contributed by atoms with Crippen molar-refractivity contribution in [3.05, 3.63) is 71.3 Å². The van der Waals surface area contributed by atoms with Crippen LogP contribution in [0.5, 0.6) is 0 Å². The monoisotopic (exact) mass is 413 g/mol. The molecule has 0 amide bonds. The Morgan fingerprint density at radius 3 is 2.37 bits per heavy atom. The lowest BCUT2D eigenvalue weighted by atomic mass is 9.66. The first-order chi connectivity index (χ1) is 14.4. The van der Waals surface area contributed by atoms with Gasteiger partial charge in [-0.25, -0.2) is 8.78 Å². The number of fused-ring (bicyclic) bond motifs is 1. The van der Waals surface area contributed by atoms with Crippen molar-refractivity contribution in [1.82, 2.24) is 4.90 Å². The fourth-order valence-corrected chi connectivity index (χ4v) is 5.18. The number of rotatable bonds is 6. The van der Waals surface area contributed by atoms with Crippen LogP contribution in [-0.4, -0.2) is 35.4 Å². The summed E-state index contributed by atoms with van der Waals surface area (Å²) in [6.45, 7) is 2.87. The Morgan fingerprint density at radius 1 is 1.00 bits per heavy atom. The molecular weight excluding hydrogens is 384 g/mol.